The third kappa shape index (κ3) is 2.58. The van der Waals surface area contributed by atoms with Gasteiger partial charge in [-0.25, -0.2) is 0 Å². The molecule has 0 fully saturated rings. The molecule has 2 aromatic heterocycles. The molecule has 8 heteroatoms. The van der Waals surface area contributed by atoms with E-state index in [1.807, 2.05) is 7.05 Å². The predicted octanol–water partition coefficient (Wildman–Crippen LogP) is 1.60. The number of hydrogen-bond acceptors (Lipinski definition) is 3. The van der Waals surface area contributed by atoms with Crippen LogP contribution in [0.25, 0.3) is 0 Å². The summed E-state index contributed by atoms with van der Waals surface area (Å²) in [5.74, 6) is -0.220. The Balaban J connectivity index is 2.05. The van der Waals surface area contributed by atoms with Crippen LogP contribution in [-0.4, -0.2) is 25.9 Å². The van der Waals surface area contributed by atoms with Crippen LogP contribution in [0.2, 0.25) is 0 Å². The SMILES string of the molecule is Cn1ncc(Br)c1CNC(=O)c1[nH]ncc1Br. The minimum Gasteiger partial charge on any atom is -0.345 e. The van der Waals surface area contributed by atoms with Gasteiger partial charge in [-0.05, 0) is 31.9 Å². The normalized spacial score (nSPS) is 10.5. The molecule has 0 radical (unpaired) electrons. The van der Waals surface area contributed by atoms with Crippen LogP contribution < -0.4 is 5.32 Å². The average molecular weight is 363 g/mol. The van der Waals surface area contributed by atoms with Gasteiger partial charge < -0.3 is 5.32 Å². The van der Waals surface area contributed by atoms with Gasteiger partial charge in [-0.2, -0.15) is 10.2 Å². The molecule has 2 aromatic rings. The Hall–Kier alpha value is -1.15. The van der Waals surface area contributed by atoms with Crippen LogP contribution in [-0.2, 0) is 13.6 Å². The van der Waals surface area contributed by atoms with E-state index < -0.39 is 0 Å². The number of H-pyrrole nitrogens is 1. The van der Waals surface area contributed by atoms with Crippen LogP contribution in [0.1, 0.15) is 16.2 Å². The van der Waals surface area contributed by atoms with Crippen molar-refractivity contribution in [1.29, 1.82) is 0 Å². The first-order chi connectivity index (χ1) is 8.09. The largest absolute Gasteiger partial charge is 0.345 e. The Bertz CT molecular complexity index is 528. The lowest BCUT2D eigenvalue weighted by molar-refractivity contribution is 0.0944. The highest BCUT2D eigenvalue weighted by Gasteiger charge is 2.13. The lowest BCUT2D eigenvalue weighted by atomic mass is 10.3. The number of aryl methyl sites for hydroxylation is 1. The van der Waals surface area contributed by atoms with E-state index in [-0.39, 0.29) is 5.91 Å². The maximum Gasteiger partial charge on any atom is 0.270 e. The Labute approximate surface area is 114 Å². The molecule has 0 aliphatic carbocycles. The molecule has 2 rings (SSSR count). The molecule has 0 aliphatic rings. The van der Waals surface area contributed by atoms with E-state index in [9.17, 15) is 4.79 Å². The van der Waals surface area contributed by atoms with Gasteiger partial charge >= 0.3 is 0 Å². The number of aromatic nitrogens is 4. The van der Waals surface area contributed by atoms with Crippen molar-refractivity contribution in [1.82, 2.24) is 25.3 Å². The van der Waals surface area contributed by atoms with Crippen LogP contribution >= 0.6 is 31.9 Å². The van der Waals surface area contributed by atoms with Gasteiger partial charge in [-0.15, -0.1) is 0 Å². The average Bonchev–Trinajstić information content (AvgIpc) is 2.84. The van der Waals surface area contributed by atoms with Crippen LogP contribution in [0, 0.1) is 0 Å². The van der Waals surface area contributed by atoms with E-state index in [1.165, 1.54) is 6.20 Å². The Morgan fingerprint density at radius 1 is 1.47 bits per heavy atom. The Morgan fingerprint density at radius 2 is 2.24 bits per heavy atom. The fraction of sp³-hybridized carbons (Fsp3) is 0.222. The smallest absolute Gasteiger partial charge is 0.270 e. The van der Waals surface area contributed by atoms with E-state index in [0.29, 0.717) is 16.7 Å². The molecule has 0 saturated carbocycles. The van der Waals surface area contributed by atoms with E-state index in [0.717, 1.165) is 10.2 Å². The quantitative estimate of drug-likeness (QED) is 0.870. The van der Waals surface area contributed by atoms with E-state index in [1.54, 1.807) is 10.9 Å². The monoisotopic (exact) mass is 361 g/mol. The zero-order valence-corrected chi connectivity index (χ0v) is 12.0. The van der Waals surface area contributed by atoms with Gasteiger partial charge in [0.15, 0.2) is 0 Å². The number of amides is 1. The molecule has 2 N–H and O–H groups in total. The number of halogens is 2. The standard InChI is InChI=1S/C9H9Br2N5O/c1-16-7(5(10)3-14-16)4-12-9(17)8-6(11)2-13-15-8/h2-3H,4H2,1H3,(H,12,17)(H,13,15). The van der Waals surface area contributed by atoms with E-state index in [2.05, 4.69) is 52.5 Å². The minimum atomic E-state index is -0.220. The summed E-state index contributed by atoms with van der Waals surface area (Å²) in [7, 11) is 1.82. The Morgan fingerprint density at radius 3 is 2.76 bits per heavy atom. The number of hydrogen-bond donors (Lipinski definition) is 2. The molecule has 0 atom stereocenters. The number of aromatic amines is 1. The lowest BCUT2D eigenvalue weighted by Crippen LogP contribution is -2.25. The third-order valence-corrected chi connectivity index (χ3v) is 3.51. The van der Waals surface area contributed by atoms with Crippen molar-refractivity contribution in [2.75, 3.05) is 0 Å². The lowest BCUT2D eigenvalue weighted by Gasteiger charge is -2.05. The molecule has 0 bridgehead atoms. The van der Waals surface area contributed by atoms with E-state index >= 15 is 0 Å². The molecule has 0 spiro atoms. The summed E-state index contributed by atoms with van der Waals surface area (Å²) >= 11 is 6.60. The summed E-state index contributed by atoms with van der Waals surface area (Å²) in [4.78, 5) is 11.8. The first-order valence-corrected chi connectivity index (χ1v) is 6.31. The van der Waals surface area contributed by atoms with Gasteiger partial charge in [-0.3, -0.25) is 14.6 Å². The van der Waals surface area contributed by atoms with Crippen molar-refractivity contribution in [2.45, 2.75) is 6.54 Å². The molecule has 0 saturated heterocycles. The maximum absolute atomic E-state index is 11.8. The van der Waals surface area contributed by atoms with Crippen molar-refractivity contribution in [2.24, 2.45) is 7.05 Å². The molecule has 1 amide bonds. The van der Waals surface area contributed by atoms with Gasteiger partial charge in [0.1, 0.15) is 5.69 Å². The topological polar surface area (TPSA) is 75.6 Å². The van der Waals surface area contributed by atoms with Gasteiger partial charge in [0.25, 0.3) is 5.91 Å². The summed E-state index contributed by atoms with van der Waals surface area (Å²) in [5, 5.41) is 13.2. The van der Waals surface area contributed by atoms with Gasteiger partial charge in [0.2, 0.25) is 0 Å². The second-order valence-electron chi connectivity index (χ2n) is 3.34. The van der Waals surface area contributed by atoms with Crippen LogP contribution in [0.4, 0.5) is 0 Å². The molecule has 17 heavy (non-hydrogen) atoms. The highest BCUT2D eigenvalue weighted by molar-refractivity contribution is 9.10. The van der Waals surface area contributed by atoms with Crippen molar-refractivity contribution in [3.8, 4) is 0 Å². The Kier molecular flexibility index (Phi) is 3.63. The number of nitrogens with zero attached hydrogens (tertiary/aromatic N) is 3. The summed E-state index contributed by atoms with van der Waals surface area (Å²) in [6.45, 7) is 0.390. The van der Waals surface area contributed by atoms with Crippen LogP contribution in [0.5, 0.6) is 0 Å². The fourth-order valence-electron chi connectivity index (χ4n) is 1.32. The highest BCUT2D eigenvalue weighted by atomic mass is 79.9. The maximum atomic E-state index is 11.8. The fourth-order valence-corrected chi connectivity index (χ4v) is 2.18. The van der Waals surface area contributed by atoms with Crippen molar-refractivity contribution >= 4 is 37.8 Å². The molecular formula is C9H9Br2N5O. The second kappa shape index (κ2) is 5.01. The molecule has 90 valence electrons. The molecule has 6 nitrogen and oxygen atoms in total. The number of rotatable bonds is 3. The first-order valence-electron chi connectivity index (χ1n) is 4.73. The van der Waals surface area contributed by atoms with E-state index in [4.69, 9.17) is 0 Å². The third-order valence-electron chi connectivity index (χ3n) is 2.25. The van der Waals surface area contributed by atoms with Crippen LogP contribution in [0.15, 0.2) is 21.3 Å². The van der Waals surface area contributed by atoms with Gasteiger partial charge in [-0.1, -0.05) is 0 Å². The molecule has 0 aliphatic heterocycles. The van der Waals surface area contributed by atoms with Crippen LogP contribution in [0.3, 0.4) is 0 Å². The summed E-state index contributed by atoms with van der Waals surface area (Å²) in [5.41, 5.74) is 1.30. The van der Waals surface area contributed by atoms with Crippen molar-refractivity contribution in [3.63, 3.8) is 0 Å². The van der Waals surface area contributed by atoms with Crippen molar-refractivity contribution in [3.05, 3.63) is 32.7 Å². The highest BCUT2D eigenvalue weighted by Crippen LogP contribution is 2.15. The molecule has 2 heterocycles. The second-order valence-corrected chi connectivity index (χ2v) is 5.05. The zero-order chi connectivity index (χ0) is 12.4. The number of nitrogens with one attached hydrogen (secondary N) is 2. The predicted molar refractivity (Wildman–Crippen MR) is 68.4 cm³/mol. The molecule has 0 aromatic carbocycles. The summed E-state index contributed by atoms with van der Waals surface area (Å²) < 4.78 is 3.20. The first kappa shape index (κ1) is 12.3. The zero-order valence-electron chi connectivity index (χ0n) is 8.87. The minimum absolute atomic E-state index is 0.220. The summed E-state index contributed by atoms with van der Waals surface area (Å²) in [6, 6.07) is 0. The molecular weight excluding hydrogens is 354 g/mol. The van der Waals surface area contributed by atoms with Gasteiger partial charge in [0.05, 0.1) is 33.6 Å². The summed E-state index contributed by atoms with van der Waals surface area (Å²) in [6.07, 6.45) is 3.22. The van der Waals surface area contributed by atoms with Gasteiger partial charge in [0, 0.05) is 7.05 Å². The number of carbonyl (C=O) groups excluding carboxylic acids is 1. The number of carbonyl (C=O) groups is 1. The van der Waals surface area contributed by atoms with Crippen molar-refractivity contribution < 1.29 is 4.79 Å². The molecule has 0 unspecified atom stereocenters.